The summed E-state index contributed by atoms with van der Waals surface area (Å²) in [5.74, 6) is 0.813. The van der Waals surface area contributed by atoms with E-state index in [1.807, 2.05) is 80.4 Å². The zero-order valence-electron chi connectivity index (χ0n) is 30.3. The Balaban J connectivity index is 1.70. The molecule has 7 nitrogen and oxygen atoms in total. The molecule has 1 aliphatic rings. The van der Waals surface area contributed by atoms with Gasteiger partial charge in [0, 0.05) is 23.4 Å². The molecule has 47 heavy (non-hydrogen) atoms. The van der Waals surface area contributed by atoms with Crippen molar-refractivity contribution in [3.63, 3.8) is 0 Å². The van der Waals surface area contributed by atoms with Gasteiger partial charge >= 0.3 is 6.09 Å². The molecule has 8 heteroatoms. The van der Waals surface area contributed by atoms with Crippen LogP contribution in [0.4, 0.5) is 10.6 Å². The highest BCUT2D eigenvalue weighted by molar-refractivity contribution is 6.74. The number of Topliss-reactive ketones (excluding diaryl/α,β-unsaturated/α-hetero) is 1. The highest BCUT2D eigenvalue weighted by atomic mass is 28.4. The number of nitrogens with zero attached hydrogens (tertiary/aromatic N) is 2. The molecule has 1 aromatic heterocycles. The van der Waals surface area contributed by atoms with Gasteiger partial charge in [-0.15, -0.1) is 0 Å². The number of nitrogens with one attached hydrogen (secondary N) is 1. The molecule has 1 amide bonds. The van der Waals surface area contributed by atoms with Crippen LogP contribution in [0.25, 0.3) is 0 Å². The van der Waals surface area contributed by atoms with Crippen LogP contribution in [0.15, 0.2) is 72.9 Å². The number of hydrogen-bond donors (Lipinski definition) is 1. The number of likely N-dealkylation sites (tertiary alicyclic amines) is 1. The summed E-state index contributed by atoms with van der Waals surface area (Å²) < 4.78 is 13.3. The molecule has 3 atom stereocenters. The molecule has 4 rings (SSSR count). The molecular formula is C39H55N3O4Si. The van der Waals surface area contributed by atoms with Gasteiger partial charge in [0.15, 0.2) is 14.1 Å². The highest BCUT2D eigenvalue weighted by Crippen LogP contribution is 2.44. The lowest BCUT2D eigenvalue weighted by atomic mass is 9.94. The van der Waals surface area contributed by atoms with E-state index in [9.17, 15) is 9.59 Å². The molecule has 1 saturated heterocycles. The van der Waals surface area contributed by atoms with Crippen molar-refractivity contribution in [1.29, 1.82) is 0 Å². The minimum absolute atomic E-state index is 0.0346. The average molecular weight is 658 g/mol. The number of amides is 1. The van der Waals surface area contributed by atoms with Gasteiger partial charge in [-0.3, -0.25) is 9.69 Å². The van der Waals surface area contributed by atoms with Crippen molar-refractivity contribution in [2.75, 3.05) is 5.32 Å². The van der Waals surface area contributed by atoms with Crippen molar-refractivity contribution in [2.24, 2.45) is 0 Å². The Labute approximate surface area is 283 Å². The summed E-state index contributed by atoms with van der Waals surface area (Å²) in [5, 5.41) is 3.56. The van der Waals surface area contributed by atoms with Crippen LogP contribution in [0.1, 0.15) is 108 Å². The van der Waals surface area contributed by atoms with E-state index in [-0.39, 0.29) is 40.6 Å². The van der Waals surface area contributed by atoms with E-state index >= 15 is 0 Å². The predicted molar refractivity (Wildman–Crippen MR) is 193 cm³/mol. The first kappa shape index (κ1) is 36.3. The molecule has 0 spiro atoms. The number of ether oxygens (including phenoxy) is 1. The highest BCUT2D eigenvalue weighted by Gasteiger charge is 2.48. The van der Waals surface area contributed by atoms with Gasteiger partial charge in [-0.2, -0.15) is 0 Å². The molecule has 2 heterocycles. The monoisotopic (exact) mass is 657 g/mol. The summed E-state index contributed by atoms with van der Waals surface area (Å²) in [6.07, 6.45) is 3.45. The zero-order valence-corrected chi connectivity index (χ0v) is 31.3. The van der Waals surface area contributed by atoms with Crippen molar-refractivity contribution in [2.45, 2.75) is 129 Å². The van der Waals surface area contributed by atoms with Gasteiger partial charge in [-0.05, 0) is 96.1 Å². The third kappa shape index (κ3) is 9.11. The van der Waals surface area contributed by atoms with Crippen molar-refractivity contribution < 1.29 is 18.8 Å². The molecule has 1 N–H and O–H groups in total. The second kappa shape index (κ2) is 13.9. The fourth-order valence-electron chi connectivity index (χ4n) is 5.91. The van der Waals surface area contributed by atoms with Crippen LogP contribution in [0.3, 0.4) is 0 Å². The number of aromatic nitrogens is 1. The largest absolute Gasteiger partial charge is 0.444 e. The van der Waals surface area contributed by atoms with Crippen molar-refractivity contribution >= 4 is 26.0 Å². The van der Waals surface area contributed by atoms with Gasteiger partial charge in [0.2, 0.25) is 0 Å². The Morgan fingerprint density at radius 1 is 0.915 bits per heavy atom. The first-order valence-corrected chi connectivity index (χ1v) is 19.8. The molecule has 3 aromatic rings. The number of rotatable bonds is 10. The number of pyridine rings is 1. The van der Waals surface area contributed by atoms with Gasteiger partial charge in [-0.1, -0.05) is 81.4 Å². The van der Waals surface area contributed by atoms with Gasteiger partial charge < -0.3 is 14.5 Å². The summed E-state index contributed by atoms with van der Waals surface area (Å²) in [4.78, 5) is 32.7. The van der Waals surface area contributed by atoms with E-state index in [1.54, 1.807) is 6.92 Å². The van der Waals surface area contributed by atoms with Gasteiger partial charge in [0.1, 0.15) is 11.4 Å². The minimum Gasteiger partial charge on any atom is -0.444 e. The molecule has 0 bridgehead atoms. The number of ketones is 1. The van der Waals surface area contributed by atoms with Crippen molar-refractivity contribution in [3.8, 4) is 0 Å². The van der Waals surface area contributed by atoms with Crippen LogP contribution in [-0.4, -0.2) is 47.8 Å². The maximum atomic E-state index is 14.0. The van der Waals surface area contributed by atoms with Gasteiger partial charge in [0.05, 0.1) is 17.7 Å². The minimum atomic E-state index is -2.29. The summed E-state index contributed by atoms with van der Waals surface area (Å²) in [6, 6.07) is 21.9. The molecule has 254 valence electrons. The topological polar surface area (TPSA) is 80.8 Å². The second-order valence-electron chi connectivity index (χ2n) is 16.0. The quantitative estimate of drug-likeness (QED) is 0.173. The molecule has 2 aromatic carbocycles. The summed E-state index contributed by atoms with van der Waals surface area (Å²) >= 11 is 0. The van der Waals surface area contributed by atoms with E-state index in [0.717, 1.165) is 29.8 Å². The maximum absolute atomic E-state index is 14.0. The molecule has 1 fully saturated rings. The molecule has 0 saturated carbocycles. The maximum Gasteiger partial charge on any atom is 0.410 e. The number of anilines is 1. The van der Waals surface area contributed by atoms with Crippen molar-refractivity contribution in [1.82, 2.24) is 9.88 Å². The Morgan fingerprint density at radius 2 is 1.55 bits per heavy atom. The lowest BCUT2D eigenvalue weighted by Crippen LogP contribution is -2.50. The van der Waals surface area contributed by atoms with Crippen LogP contribution in [0, 0.1) is 0 Å². The number of carbonyl (C=O) groups excluding carboxylic acids is 2. The van der Waals surface area contributed by atoms with Crippen molar-refractivity contribution in [3.05, 3.63) is 95.2 Å². The lowest BCUT2D eigenvalue weighted by molar-refractivity contribution is -0.00244. The van der Waals surface area contributed by atoms with Crippen LogP contribution in [0.2, 0.25) is 18.1 Å². The van der Waals surface area contributed by atoms with E-state index in [1.165, 1.54) is 5.56 Å². The van der Waals surface area contributed by atoms with Gasteiger partial charge in [0.25, 0.3) is 0 Å². The molecular weight excluding hydrogens is 603 g/mol. The van der Waals surface area contributed by atoms with E-state index in [0.29, 0.717) is 12.0 Å². The van der Waals surface area contributed by atoms with E-state index in [4.69, 9.17) is 14.1 Å². The Hall–Kier alpha value is -3.49. The number of benzene rings is 2. The fraction of sp³-hybridized carbons (Fsp3) is 0.513. The first-order chi connectivity index (χ1) is 21.8. The summed E-state index contributed by atoms with van der Waals surface area (Å²) in [6.45, 7) is 22.8. The van der Waals surface area contributed by atoms with Gasteiger partial charge in [-0.25, -0.2) is 9.78 Å². The fourth-order valence-corrected chi connectivity index (χ4v) is 7.20. The standard InChI is InChI=1S/C39H55N3O4Si/c1-27(43)29-19-17-28(18-20-29)25-32-22-23-33(42(32)36(44)45-37(2,3)4)35(46-47(10,11)38(5,6)7)30-21-24-34(40-26-30)41-39(8,9)31-15-13-12-14-16-31/h12-21,24,26,32-33,35H,22-23,25H2,1-11H3,(H,40,41)/t32-,33+,35+/m0/s1. The van der Waals surface area contributed by atoms with E-state index < -0.39 is 13.9 Å². The normalized spacial score (nSPS) is 18.1. The molecule has 0 radical (unpaired) electrons. The number of carbonyl (C=O) groups is 2. The van der Waals surface area contributed by atoms with Crippen LogP contribution >= 0.6 is 0 Å². The molecule has 0 unspecified atom stereocenters. The smallest absolute Gasteiger partial charge is 0.410 e. The average Bonchev–Trinajstić information content (AvgIpc) is 3.39. The molecule has 0 aliphatic carbocycles. The van der Waals surface area contributed by atoms with Crippen LogP contribution < -0.4 is 5.32 Å². The first-order valence-electron chi connectivity index (χ1n) is 16.9. The zero-order chi connectivity index (χ0) is 34.8. The van der Waals surface area contributed by atoms with Crippen LogP contribution in [-0.2, 0) is 21.1 Å². The summed E-state index contributed by atoms with van der Waals surface area (Å²) in [5.41, 5.74) is 2.92. The SMILES string of the molecule is CC(=O)c1ccc(C[C@@H]2CC[C@H]([C@H](O[Si](C)(C)C(C)(C)C)c3ccc(NC(C)(C)c4ccccc4)nc3)N2C(=O)OC(C)(C)C)cc1. The Bertz CT molecular complexity index is 1510. The van der Waals surface area contributed by atoms with E-state index in [2.05, 4.69) is 71.2 Å². The third-order valence-corrected chi connectivity index (χ3v) is 14.1. The third-order valence-electron chi connectivity index (χ3n) is 9.61. The second-order valence-corrected chi connectivity index (χ2v) is 20.8. The van der Waals surface area contributed by atoms with Crippen LogP contribution in [0.5, 0.6) is 0 Å². The lowest BCUT2D eigenvalue weighted by Gasteiger charge is -2.43. The molecule has 1 aliphatic heterocycles. The Morgan fingerprint density at radius 3 is 2.09 bits per heavy atom. The Kier molecular flexibility index (Phi) is 10.8. The summed E-state index contributed by atoms with van der Waals surface area (Å²) in [7, 11) is -2.29. The predicted octanol–water partition coefficient (Wildman–Crippen LogP) is 9.71. The number of hydrogen-bond acceptors (Lipinski definition) is 6.